The first-order valence-corrected chi connectivity index (χ1v) is 5.64. The normalized spacial score (nSPS) is 17.2. The van der Waals surface area contributed by atoms with Crippen LogP contribution in [-0.4, -0.2) is 0 Å². The molecule has 3 atom stereocenters. The molecule has 0 heterocycles. The molecule has 0 aliphatic heterocycles. The van der Waals surface area contributed by atoms with Crippen LogP contribution < -0.4 is 0 Å². The van der Waals surface area contributed by atoms with E-state index in [-0.39, 0.29) is 0 Å². The van der Waals surface area contributed by atoms with Gasteiger partial charge in [-0.05, 0) is 44.4 Å². The molecule has 0 aromatic rings. The molecule has 3 unspecified atom stereocenters. The van der Waals surface area contributed by atoms with Crippen LogP contribution in [0.3, 0.4) is 0 Å². The third-order valence-electron chi connectivity index (χ3n) is 3.21. The minimum atomic E-state index is 0.651. The van der Waals surface area contributed by atoms with Gasteiger partial charge in [0.2, 0.25) is 0 Å². The summed E-state index contributed by atoms with van der Waals surface area (Å²) in [5.41, 5.74) is 2.60. The number of hydrogen-bond donors (Lipinski definition) is 0. The second-order valence-corrected chi connectivity index (χ2v) is 5.10. The molecule has 0 nitrogen and oxygen atoms in total. The molecule has 0 spiro atoms. The molecule has 0 saturated carbocycles. The Bertz CT molecular complexity index is 200. The van der Waals surface area contributed by atoms with Crippen LogP contribution in [0.5, 0.6) is 0 Å². The average Bonchev–Trinajstić information content (AvgIpc) is 2.02. The van der Waals surface area contributed by atoms with Crippen LogP contribution in [0, 0.1) is 17.8 Å². The Morgan fingerprint density at radius 3 is 1.86 bits per heavy atom. The topological polar surface area (TPSA) is 0 Å². The van der Waals surface area contributed by atoms with Gasteiger partial charge in [0.1, 0.15) is 0 Å². The van der Waals surface area contributed by atoms with Crippen molar-refractivity contribution in [2.45, 2.75) is 47.5 Å². The Morgan fingerprint density at radius 2 is 1.50 bits per heavy atom. The van der Waals surface area contributed by atoms with Gasteiger partial charge >= 0.3 is 0 Å². The second kappa shape index (κ2) is 6.06. The van der Waals surface area contributed by atoms with Gasteiger partial charge in [0.05, 0.1) is 0 Å². The van der Waals surface area contributed by atoms with Gasteiger partial charge in [0.15, 0.2) is 0 Å². The van der Waals surface area contributed by atoms with Crippen molar-refractivity contribution in [3.63, 3.8) is 0 Å². The predicted octanol–water partition coefficient (Wildman–Crippen LogP) is 4.83. The lowest BCUT2D eigenvalue weighted by Gasteiger charge is -2.23. The summed E-state index contributed by atoms with van der Waals surface area (Å²) in [6, 6.07) is 0. The first kappa shape index (κ1) is 13.5. The molecule has 0 N–H and O–H groups in total. The molecule has 0 aromatic carbocycles. The Labute approximate surface area is 90.1 Å². The summed E-state index contributed by atoms with van der Waals surface area (Å²) in [5.74, 6) is 2.16. The van der Waals surface area contributed by atoms with Crippen molar-refractivity contribution in [3.8, 4) is 0 Å². The maximum absolute atomic E-state index is 4.01. The second-order valence-electron chi connectivity index (χ2n) is 5.10. The van der Waals surface area contributed by atoms with Gasteiger partial charge in [0.25, 0.3) is 0 Å². The largest absolute Gasteiger partial charge is 0.100 e. The highest BCUT2D eigenvalue weighted by molar-refractivity contribution is 4.96. The number of allylic oxidation sites excluding steroid dienone is 2. The molecule has 0 rings (SSSR count). The van der Waals surface area contributed by atoms with Crippen LogP contribution in [0.2, 0.25) is 0 Å². The summed E-state index contributed by atoms with van der Waals surface area (Å²) in [4.78, 5) is 0. The average molecular weight is 194 g/mol. The molecule has 0 bridgehead atoms. The molecule has 0 fully saturated rings. The summed E-state index contributed by atoms with van der Waals surface area (Å²) >= 11 is 0. The molecular formula is C14H26. The highest BCUT2D eigenvalue weighted by Gasteiger charge is 2.15. The SMILES string of the molecule is C=C(C)CC(C)C(C)CC(C)C(=C)C. The molecule has 14 heavy (non-hydrogen) atoms. The van der Waals surface area contributed by atoms with E-state index in [1.165, 1.54) is 17.6 Å². The van der Waals surface area contributed by atoms with E-state index in [9.17, 15) is 0 Å². The Hall–Kier alpha value is -0.520. The third kappa shape index (κ3) is 5.26. The summed E-state index contributed by atoms with van der Waals surface area (Å²) in [6.07, 6.45) is 2.41. The van der Waals surface area contributed by atoms with Gasteiger partial charge in [-0.3, -0.25) is 0 Å². The van der Waals surface area contributed by atoms with E-state index in [1.54, 1.807) is 0 Å². The van der Waals surface area contributed by atoms with Gasteiger partial charge in [-0.1, -0.05) is 38.5 Å². The van der Waals surface area contributed by atoms with Gasteiger partial charge in [-0.15, -0.1) is 6.58 Å². The predicted molar refractivity (Wildman–Crippen MR) is 66.4 cm³/mol. The summed E-state index contributed by atoms with van der Waals surface area (Å²) in [5, 5.41) is 0. The van der Waals surface area contributed by atoms with Crippen LogP contribution in [-0.2, 0) is 0 Å². The van der Waals surface area contributed by atoms with Crippen LogP contribution in [0.15, 0.2) is 24.3 Å². The van der Waals surface area contributed by atoms with E-state index in [4.69, 9.17) is 0 Å². The highest BCUT2D eigenvalue weighted by atomic mass is 14.2. The fraction of sp³-hybridized carbons (Fsp3) is 0.714. The van der Waals surface area contributed by atoms with Gasteiger partial charge in [0, 0.05) is 0 Å². The Kier molecular flexibility index (Phi) is 5.83. The fourth-order valence-electron chi connectivity index (χ4n) is 1.74. The van der Waals surface area contributed by atoms with Crippen molar-refractivity contribution in [3.05, 3.63) is 24.3 Å². The smallest absolute Gasteiger partial charge is 0.0234 e. The molecule has 0 saturated heterocycles. The first-order valence-electron chi connectivity index (χ1n) is 5.64. The Morgan fingerprint density at radius 1 is 1.00 bits per heavy atom. The monoisotopic (exact) mass is 194 g/mol. The Balaban J connectivity index is 4.00. The number of rotatable bonds is 6. The third-order valence-corrected chi connectivity index (χ3v) is 3.21. The van der Waals surface area contributed by atoms with Crippen LogP contribution in [0.25, 0.3) is 0 Å². The maximum atomic E-state index is 4.01. The lowest BCUT2D eigenvalue weighted by Crippen LogP contribution is -2.12. The highest BCUT2D eigenvalue weighted by Crippen LogP contribution is 2.27. The van der Waals surface area contributed by atoms with Gasteiger partial charge < -0.3 is 0 Å². The molecule has 0 amide bonds. The summed E-state index contributed by atoms with van der Waals surface area (Å²) < 4.78 is 0. The zero-order valence-electron chi connectivity index (χ0n) is 10.6. The minimum Gasteiger partial charge on any atom is -0.100 e. The minimum absolute atomic E-state index is 0.651. The van der Waals surface area contributed by atoms with E-state index in [0.29, 0.717) is 5.92 Å². The zero-order valence-corrected chi connectivity index (χ0v) is 10.6. The van der Waals surface area contributed by atoms with E-state index in [2.05, 4.69) is 47.8 Å². The van der Waals surface area contributed by atoms with Crippen molar-refractivity contribution in [1.29, 1.82) is 0 Å². The van der Waals surface area contributed by atoms with Crippen LogP contribution in [0.1, 0.15) is 47.5 Å². The van der Waals surface area contributed by atoms with Crippen molar-refractivity contribution in [1.82, 2.24) is 0 Å². The molecule has 0 aliphatic carbocycles. The van der Waals surface area contributed by atoms with Crippen LogP contribution >= 0.6 is 0 Å². The van der Waals surface area contributed by atoms with Gasteiger partial charge in [-0.25, -0.2) is 0 Å². The zero-order chi connectivity index (χ0) is 11.3. The van der Waals surface area contributed by atoms with Crippen molar-refractivity contribution in [2.24, 2.45) is 17.8 Å². The standard InChI is InChI=1S/C14H26/c1-10(2)8-13(6)14(7)9-12(5)11(3)4/h12-14H,1,3,8-9H2,2,4-7H3. The van der Waals surface area contributed by atoms with E-state index < -0.39 is 0 Å². The van der Waals surface area contributed by atoms with Crippen LogP contribution in [0.4, 0.5) is 0 Å². The molecule has 0 heteroatoms. The fourth-order valence-corrected chi connectivity index (χ4v) is 1.74. The summed E-state index contributed by atoms with van der Waals surface area (Å²) in [6.45, 7) is 19.2. The van der Waals surface area contributed by atoms with Crippen molar-refractivity contribution in [2.75, 3.05) is 0 Å². The molecule has 0 aromatic heterocycles. The van der Waals surface area contributed by atoms with E-state index in [1.807, 2.05) is 0 Å². The maximum Gasteiger partial charge on any atom is -0.0234 e. The van der Waals surface area contributed by atoms with Crippen molar-refractivity contribution >= 4 is 0 Å². The van der Waals surface area contributed by atoms with Gasteiger partial charge in [-0.2, -0.15) is 0 Å². The van der Waals surface area contributed by atoms with Crippen molar-refractivity contribution < 1.29 is 0 Å². The lowest BCUT2D eigenvalue weighted by atomic mass is 9.82. The molecule has 0 aliphatic rings. The van der Waals surface area contributed by atoms with E-state index in [0.717, 1.165) is 18.3 Å². The first-order chi connectivity index (χ1) is 6.34. The number of hydrogen-bond acceptors (Lipinski definition) is 0. The molecule has 82 valence electrons. The lowest BCUT2D eigenvalue weighted by molar-refractivity contribution is 0.329. The molecular weight excluding hydrogens is 168 g/mol. The molecule has 0 radical (unpaired) electrons. The summed E-state index contributed by atoms with van der Waals surface area (Å²) in [7, 11) is 0. The van der Waals surface area contributed by atoms with E-state index >= 15 is 0 Å². The quantitative estimate of drug-likeness (QED) is 0.531.